The molecule has 2 aromatic carbocycles. The number of nitrogens with one attached hydrogen (secondary N) is 1. The summed E-state index contributed by atoms with van der Waals surface area (Å²) in [4.78, 5) is 18.0. The molecule has 2 aromatic heterocycles. The Labute approximate surface area is 177 Å². The number of aromatic nitrogens is 5. The molecule has 0 aliphatic rings. The van der Waals surface area contributed by atoms with Gasteiger partial charge in [-0.15, -0.1) is 0 Å². The van der Waals surface area contributed by atoms with Gasteiger partial charge in [-0.05, 0) is 43.3 Å². The Balaban J connectivity index is 1.68. The van der Waals surface area contributed by atoms with Crippen LogP contribution in [-0.2, 0) is 25.3 Å². The Morgan fingerprint density at radius 3 is 2.62 bits per heavy atom. The second kappa shape index (κ2) is 8.75. The topological polar surface area (TPSA) is 68.5 Å². The van der Waals surface area contributed by atoms with Crippen LogP contribution >= 0.6 is 24.0 Å². The number of benzene rings is 2. The van der Waals surface area contributed by atoms with Crippen molar-refractivity contribution in [3.63, 3.8) is 0 Å². The maximum atomic E-state index is 13.2. The van der Waals surface area contributed by atoms with E-state index in [9.17, 15) is 4.79 Å². The normalized spacial score (nSPS) is 11.2. The molecule has 4 rings (SSSR count). The van der Waals surface area contributed by atoms with Gasteiger partial charge in [0.15, 0.2) is 9.93 Å². The number of fused-ring (bicyclic) bond motifs is 1. The largest absolute Gasteiger partial charge is 0.304 e. The van der Waals surface area contributed by atoms with E-state index in [2.05, 4.69) is 22.3 Å². The fourth-order valence-electron chi connectivity index (χ4n) is 3.26. The Morgan fingerprint density at radius 2 is 1.83 bits per heavy atom. The molecule has 0 spiro atoms. The third kappa shape index (κ3) is 4.18. The zero-order chi connectivity index (χ0) is 20.2. The van der Waals surface area contributed by atoms with Gasteiger partial charge in [0.05, 0.1) is 16.7 Å². The first-order valence-electron chi connectivity index (χ1n) is 9.47. The van der Waals surface area contributed by atoms with Crippen LogP contribution in [0.1, 0.15) is 18.3 Å². The molecule has 0 aliphatic heterocycles. The number of nitrogens with zero attached hydrogens (tertiary/aromatic N) is 4. The fourth-order valence-corrected chi connectivity index (χ4v) is 4.51. The lowest BCUT2D eigenvalue weighted by molar-refractivity contribution is 0.595. The number of aryl methyl sites for hydroxylation is 1. The molecule has 1 N–H and O–H groups in total. The zero-order valence-electron chi connectivity index (χ0n) is 16.0. The lowest BCUT2D eigenvalue weighted by atomic mass is 10.1. The van der Waals surface area contributed by atoms with Crippen molar-refractivity contribution in [2.45, 2.75) is 37.3 Å². The average Bonchev–Trinajstić information content (AvgIpc) is 3.12. The summed E-state index contributed by atoms with van der Waals surface area (Å²) in [6.45, 7) is 3.35. The van der Waals surface area contributed by atoms with E-state index in [0.717, 1.165) is 18.8 Å². The molecule has 148 valence electrons. The number of hydrogen-bond donors (Lipinski definition) is 1. The summed E-state index contributed by atoms with van der Waals surface area (Å²) in [5.74, 6) is 1.43. The molecule has 0 fully saturated rings. The van der Waals surface area contributed by atoms with E-state index in [4.69, 9.17) is 17.2 Å². The monoisotopic (exact) mass is 423 g/mol. The van der Waals surface area contributed by atoms with E-state index in [0.29, 0.717) is 33.1 Å². The molecule has 4 aromatic rings. The lowest BCUT2D eigenvalue weighted by Crippen LogP contribution is -2.24. The summed E-state index contributed by atoms with van der Waals surface area (Å²) in [6.07, 6.45) is 0.766. The van der Waals surface area contributed by atoms with Crippen molar-refractivity contribution in [3.05, 3.63) is 81.1 Å². The molecule has 8 heteroatoms. The summed E-state index contributed by atoms with van der Waals surface area (Å²) in [5.41, 5.74) is 1.89. The summed E-state index contributed by atoms with van der Waals surface area (Å²) in [5, 5.41) is 8.50. The van der Waals surface area contributed by atoms with Crippen LogP contribution in [0, 0.1) is 4.77 Å². The van der Waals surface area contributed by atoms with Crippen LogP contribution in [0.3, 0.4) is 0 Å². The minimum absolute atomic E-state index is 0.0108. The van der Waals surface area contributed by atoms with Crippen molar-refractivity contribution in [3.8, 4) is 0 Å². The fraction of sp³-hybridized carbons (Fsp3) is 0.238. The van der Waals surface area contributed by atoms with E-state index in [1.165, 1.54) is 17.3 Å². The van der Waals surface area contributed by atoms with Crippen LogP contribution in [0.4, 0.5) is 0 Å². The average molecular weight is 424 g/mol. The van der Waals surface area contributed by atoms with Crippen LogP contribution in [0.2, 0.25) is 0 Å². The summed E-state index contributed by atoms with van der Waals surface area (Å²) in [6, 6.07) is 17.7. The van der Waals surface area contributed by atoms with E-state index < -0.39 is 0 Å². The van der Waals surface area contributed by atoms with E-state index in [1.807, 2.05) is 54.0 Å². The number of aromatic amines is 1. The molecular formula is C21H21N5OS2. The van der Waals surface area contributed by atoms with Crippen molar-refractivity contribution in [1.82, 2.24) is 24.3 Å². The molecular weight excluding hydrogens is 402 g/mol. The third-order valence-corrected chi connectivity index (χ3v) is 6.06. The Kier molecular flexibility index (Phi) is 5.92. The Bertz CT molecular complexity index is 1240. The van der Waals surface area contributed by atoms with Gasteiger partial charge in [0.2, 0.25) is 0 Å². The van der Waals surface area contributed by atoms with Gasteiger partial charge in [-0.2, -0.15) is 5.10 Å². The predicted molar refractivity (Wildman–Crippen MR) is 119 cm³/mol. The molecule has 0 bridgehead atoms. The molecule has 0 saturated carbocycles. The quantitative estimate of drug-likeness (QED) is 0.274. The van der Waals surface area contributed by atoms with Crippen LogP contribution in [0.15, 0.2) is 64.5 Å². The highest BCUT2D eigenvalue weighted by Crippen LogP contribution is 2.22. The van der Waals surface area contributed by atoms with Crippen LogP contribution in [0.5, 0.6) is 0 Å². The highest BCUT2D eigenvalue weighted by Gasteiger charge is 2.13. The van der Waals surface area contributed by atoms with Gasteiger partial charge in [-0.1, -0.05) is 54.2 Å². The predicted octanol–water partition coefficient (Wildman–Crippen LogP) is 4.21. The standard InChI is InChI=1S/C21H21N5OS2/c1-2-25-18(23-24-20(25)28)14-29-21-22-17-11-7-6-10-16(17)19(27)26(21)13-12-15-8-4-3-5-9-15/h3-11H,2,12-14H2,1H3,(H,24,28). The first-order chi connectivity index (χ1) is 14.2. The smallest absolute Gasteiger partial charge is 0.262 e. The highest BCUT2D eigenvalue weighted by atomic mass is 32.2. The van der Waals surface area contributed by atoms with Gasteiger partial charge in [0.1, 0.15) is 5.82 Å². The molecule has 0 aliphatic carbocycles. The van der Waals surface area contributed by atoms with Gasteiger partial charge in [0, 0.05) is 13.1 Å². The molecule has 0 radical (unpaired) electrons. The lowest BCUT2D eigenvalue weighted by Gasteiger charge is -2.13. The first-order valence-corrected chi connectivity index (χ1v) is 10.9. The molecule has 0 atom stereocenters. The summed E-state index contributed by atoms with van der Waals surface area (Å²) in [7, 11) is 0. The minimum Gasteiger partial charge on any atom is -0.304 e. The van der Waals surface area contributed by atoms with Crippen molar-refractivity contribution in [1.29, 1.82) is 0 Å². The van der Waals surface area contributed by atoms with Gasteiger partial charge in [0.25, 0.3) is 5.56 Å². The van der Waals surface area contributed by atoms with E-state index in [-0.39, 0.29) is 5.56 Å². The van der Waals surface area contributed by atoms with Crippen molar-refractivity contribution >= 4 is 34.9 Å². The Morgan fingerprint density at radius 1 is 1.07 bits per heavy atom. The minimum atomic E-state index is -0.0108. The van der Waals surface area contributed by atoms with Gasteiger partial charge in [-0.25, -0.2) is 4.98 Å². The van der Waals surface area contributed by atoms with E-state index in [1.54, 1.807) is 4.57 Å². The van der Waals surface area contributed by atoms with Gasteiger partial charge >= 0.3 is 0 Å². The second-order valence-electron chi connectivity index (χ2n) is 6.58. The number of H-pyrrole nitrogens is 1. The second-order valence-corrected chi connectivity index (χ2v) is 7.91. The number of hydrogen-bond acceptors (Lipinski definition) is 5. The number of para-hydroxylation sites is 1. The molecule has 0 saturated heterocycles. The molecule has 29 heavy (non-hydrogen) atoms. The van der Waals surface area contributed by atoms with Crippen molar-refractivity contribution < 1.29 is 0 Å². The Hall–Kier alpha value is -2.71. The molecule has 6 nitrogen and oxygen atoms in total. The summed E-state index contributed by atoms with van der Waals surface area (Å²) >= 11 is 6.78. The SMILES string of the molecule is CCn1c(CSc2nc3ccccc3c(=O)n2CCc2ccccc2)n[nH]c1=S. The van der Waals surface area contributed by atoms with E-state index >= 15 is 0 Å². The first kappa shape index (κ1) is 19.6. The number of thioether (sulfide) groups is 1. The molecule has 2 heterocycles. The number of rotatable bonds is 7. The van der Waals surface area contributed by atoms with Crippen LogP contribution in [-0.4, -0.2) is 24.3 Å². The third-order valence-electron chi connectivity index (χ3n) is 4.78. The maximum absolute atomic E-state index is 13.2. The molecule has 0 amide bonds. The van der Waals surface area contributed by atoms with Crippen molar-refractivity contribution in [2.24, 2.45) is 0 Å². The highest BCUT2D eigenvalue weighted by molar-refractivity contribution is 7.98. The van der Waals surface area contributed by atoms with Gasteiger partial charge in [-0.3, -0.25) is 14.5 Å². The maximum Gasteiger partial charge on any atom is 0.262 e. The van der Waals surface area contributed by atoms with Crippen LogP contribution < -0.4 is 5.56 Å². The van der Waals surface area contributed by atoms with Gasteiger partial charge < -0.3 is 4.57 Å². The molecule has 0 unspecified atom stereocenters. The summed E-state index contributed by atoms with van der Waals surface area (Å²) < 4.78 is 4.34. The van der Waals surface area contributed by atoms with Crippen molar-refractivity contribution in [2.75, 3.05) is 0 Å². The van der Waals surface area contributed by atoms with Crippen LogP contribution in [0.25, 0.3) is 10.9 Å². The zero-order valence-corrected chi connectivity index (χ0v) is 17.7.